The Bertz CT molecular complexity index is 989. The molecular formula is C17H15N3O3S. The van der Waals surface area contributed by atoms with Gasteiger partial charge in [0.25, 0.3) is 11.2 Å². The molecular weight excluding hydrogens is 326 g/mol. The van der Waals surface area contributed by atoms with Crippen LogP contribution in [0.15, 0.2) is 35.4 Å². The molecule has 1 aliphatic carbocycles. The summed E-state index contributed by atoms with van der Waals surface area (Å²) in [6.45, 7) is 0.365. The zero-order valence-electron chi connectivity index (χ0n) is 12.9. The largest absolute Gasteiger partial charge is 0.294 e. The summed E-state index contributed by atoms with van der Waals surface area (Å²) in [7, 11) is 0. The second kappa shape index (κ2) is 5.83. The van der Waals surface area contributed by atoms with E-state index in [9.17, 15) is 14.9 Å². The first-order valence-corrected chi connectivity index (χ1v) is 8.68. The first-order chi connectivity index (χ1) is 11.6. The number of aromatic nitrogens is 2. The third-order valence-corrected chi connectivity index (χ3v) is 5.64. The number of rotatable bonds is 3. The highest BCUT2D eigenvalue weighted by molar-refractivity contribution is 7.18. The maximum atomic E-state index is 12.9. The summed E-state index contributed by atoms with van der Waals surface area (Å²) in [6.07, 6.45) is 5.87. The standard InChI is InChI=1S/C17H15N3O3S/c21-17-15-13-3-1-2-4-14(13)24-16(15)18-10-19(17)9-11-5-7-12(8-6-11)20(22)23/h5-8,10H,1-4,9H2. The molecule has 0 aliphatic heterocycles. The van der Waals surface area contributed by atoms with Gasteiger partial charge in [0.2, 0.25) is 0 Å². The fourth-order valence-electron chi connectivity index (χ4n) is 3.21. The van der Waals surface area contributed by atoms with Gasteiger partial charge in [0.1, 0.15) is 4.83 Å². The van der Waals surface area contributed by atoms with Crippen molar-refractivity contribution in [3.05, 3.63) is 67.1 Å². The van der Waals surface area contributed by atoms with Gasteiger partial charge in [-0.1, -0.05) is 12.1 Å². The molecule has 6 nitrogen and oxygen atoms in total. The van der Waals surface area contributed by atoms with Crippen molar-refractivity contribution >= 4 is 27.2 Å². The van der Waals surface area contributed by atoms with E-state index in [0.717, 1.165) is 35.0 Å². The number of nitro groups is 1. The molecule has 0 amide bonds. The Morgan fingerprint density at radius 2 is 1.96 bits per heavy atom. The number of thiophene rings is 1. The molecule has 24 heavy (non-hydrogen) atoms. The van der Waals surface area contributed by atoms with Crippen LogP contribution in [-0.4, -0.2) is 14.5 Å². The smallest absolute Gasteiger partial charge is 0.269 e. The molecule has 3 aromatic rings. The first-order valence-electron chi connectivity index (χ1n) is 7.86. The fourth-order valence-corrected chi connectivity index (χ4v) is 4.43. The molecule has 0 fully saturated rings. The number of fused-ring (bicyclic) bond motifs is 3. The van der Waals surface area contributed by atoms with E-state index in [1.165, 1.54) is 29.0 Å². The van der Waals surface area contributed by atoms with E-state index in [1.54, 1.807) is 34.4 Å². The summed E-state index contributed by atoms with van der Waals surface area (Å²) in [5.74, 6) is 0. The van der Waals surface area contributed by atoms with Crippen molar-refractivity contribution in [2.45, 2.75) is 32.2 Å². The number of non-ortho nitro benzene ring substituents is 1. The molecule has 0 N–H and O–H groups in total. The van der Waals surface area contributed by atoms with Gasteiger partial charge in [0, 0.05) is 17.0 Å². The van der Waals surface area contributed by atoms with E-state index in [4.69, 9.17) is 0 Å². The van der Waals surface area contributed by atoms with E-state index in [2.05, 4.69) is 4.98 Å². The summed E-state index contributed by atoms with van der Waals surface area (Å²) < 4.78 is 1.59. The topological polar surface area (TPSA) is 78.0 Å². The highest BCUT2D eigenvalue weighted by Crippen LogP contribution is 2.33. The summed E-state index contributed by atoms with van der Waals surface area (Å²) in [5.41, 5.74) is 2.05. The minimum atomic E-state index is -0.429. The predicted molar refractivity (Wildman–Crippen MR) is 92.7 cm³/mol. The second-order valence-electron chi connectivity index (χ2n) is 5.99. The van der Waals surface area contributed by atoms with Crippen LogP contribution in [-0.2, 0) is 19.4 Å². The third-order valence-electron chi connectivity index (χ3n) is 4.44. The van der Waals surface area contributed by atoms with Crippen molar-refractivity contribution in [3.8, 4) is 0 Å². The zero-order valence-corrected chi connectivity index (χ0v) is 13.7. The Morgan fingerprint density at radius 1 is 1.21 bits per heavy atom. The highest BCUT2D eigenvalue weighted by atomic mass is 32.1. The van der Waals surface area contributed by atoms with Gasteiger partial charge in [-0.3, -0.25) is 19.5 Å². The SMILES string of the molecule is O=c1c2c3c(sc2ncn1Cc1ccc([N+](=O)[O-])cc1)CCCC3. The lowest BCUT2D eigenvalue weighted by Gasteiger charge is -2.10. The number of hydrogen-bond donors (Lipinski definition) is 0. The normalized spacial score (nSPS) is 13.8. The fraction of sp³-hybridized carbons (Fsp3) is 0.294. The number of aryl methyl sites for hydroxylation is 2. The van der Waals surface area contributed by atoms with E-state index < -0.39 is 4.92 Å². The number of benzene rings is 1. The Morgan fingerprint density at radius 3 is 2.71 bits per heavy atom. The van der Waals surface area contributed by atoms with Gasteiger partial charge in [-0.2, -0.15) is 0 Å². The van der Waals surface area contributed by atoms with Crippen molar-refractivity contribution in [1.82, 2.24) is 9.55 Å². The summed E-state index contributed by atoms with van der Waals surface area (Å²) in [4.78, 5) is 29.7. The predicted octanol–water partition coefficient (Wildman–Crippen LogP) is 3.29. The van der Waals surface area contributed by atoms with Gasteiger partial charge in [-0.15, -0.1) is 11.3 Å². The minimum absolute atomic E-state index is 0.0160. The average Bonchev–Trinajstić information content (AvgIpc) is 2.97. The molecule has 2 heterocycles. The van der Waals surface area contributed by atoms with Crippen molar-refractivity contribution in [1.29, 1.82) is 0 Å². The molecule has 1 aromatic carbocycles. The molecule has 7 heteroatoms. The molecule has 0 unspecified atom stereocenters. The monoisotopic (exact) mass is 341 g/mol. The first kappa shape index (κ1) is 15.0. The molecule has 0 saturated heterocycles. The van der Waals surface area contributed by atoms with Crippen molar-refractivity contribution in [2.24, 2.45) is 0 Å². The average molecular weight is 341 g/mol. The van der Waals surface area contributed by atoms with Crippen LogP contribution < -0.4 is 5.56 Å². The molecule has 2 aromatic heterocycles. The van der Waals surface area contributed by atoms with E-state index in [1.807, 2.05) is 0 Å². The van der Waals surface area contributed by atoms with Crippen LogP contribution in [0.5, 0.6) is 0 Å². The molecule has 0 bridgehead atoms. The van der Waals surface area contributed by atoms with Crippen LogP contribution in [0.2, 0.25) is 0 Å². The molecule has 4 rings (SSSR count). The van der Waals surface area contributed by atoms with Gasteiger partial charge < -0.3 is 0 Å². The van der Waals surface area contributed by atoms with Crippen LogP contribution in [0.3, 0.4) is 0 Å². The van der Waals surface area contributed by atoms with Gasteiger partial charge in [-0.25, -0.2) is 4.98 Å². The maximum Gasteiger partial charge on any atom is 0.269 e. The van der Waals surface area contributed by atoms with Gasteiger partial charge >= 0.3 is 0 Å². The van der Waals surface area contributed by atoms with Crippen molar-refractivity contribution in [3.63, 3.8) is 0 Å². The Balaban J connectivity index is 1.73. The maximum absolute atomic E-state index is 12.9. The van der Waals surface area contributed by atoms with Gasteiger partial charge in [-0.05, 0) is 36.8 Å². The minimum Gasteiger partial charge on any atom is -0.294 e. The van der Waals surface area contributed by atoms with E-state index in [0.29, 0.717) is 6.54 Å². The number of nitrogens with zero attached hydrogens (tertiary/aromatic N) is 3. The molecule has 0 spiro atoms. The number of hydrogen-bond acceptors (Lipinski definition) is 5. The number of nitro benzene ring substituents is 1. The third kappa shape index (κ3) is 2.50. The summed E-state index contributed by atoms with van der Waals surface area (Å²) in [5, 5.41) is 11.5. The second-order valence-corrected chi connectivity index (χ2v) is 7.08. The Hall–Kier alpha value is -2.54. The van der Waals surface area contributed by atoms with E-state index >= 15 is 0 Å². The van der Waals surface area contributed by atoms with Crippen LogP contribution in [0, 0.1) is 10.1 Å². The quantitative estimate of drug-likeness (QED) is 0.541. The molecule has 0 atom stereocenters. The lowest BCUT2D eigenvalue weighted by Crippen LogP contribution is -2.21. The van der Waals surface area contributed by atoms with E-state index in [-0.39, 0.29) is 11.2 Å². The molecule has 1 aliphatic rings. The Kier molecular flexibility index (Phi) is 3.65. The summed E-state index contributed by atoms with van der Waals surface area (Å²) in [6, 6.07) is 6.27. The molecule has 122 valence electrons. The van der Waals surface area contributed by atoms with Crippen LogP contribution in [0.4, 0.5) is 5.69 Å². The lowest BCUT2D eigenvalue weighted by molar-refractivity contribution is -0.384. The van der Waals surface area contributed by atoms with Crippen molar-refractivity contribution < 1.29 is 4.92 Å². The molecule has 0 radical (unpaired) electrons. The van der Waals surface area contributed by atoms with Crippen LogP contribution >= 0.6 is 11.3 Å². The van der Waals surface area contributed by atoms with Gasteiger partial charge in [0.15, 0.2) is 0 Å². The highest BCUT2D eigenvalue weighted by Gasteiger charge is 2.20. The zero-order chi connectivity index (χ0) is 16.7. The molecule has 0 saturated carbocycles. The van der Waals surface area contributed by atoms with Crippen LogP contribution in [0.25, 0.3) is 10.2 Å². The lowest BCUT2D eigenvalue weighted by atomic mass is 9.97. The van der Waals surface area contributed by atoms with Crippen molar-refractivity contribution in [2.75, 3.05) is 0 Å². The Labute approximate surface area is 141 Å². The van der Waals surface area contributed by atoms with Crippen LogP contribution in [0.1, 0.15) is 28.8 Å². The summed E-state index contributed by atoms with van der Waals surface area (Å²) >= 11 is 1.63. The van der Waals surface area contributed by atoms with Gasteiger partial charge in [0.05, 0.1) is 23.2 Å².